The summed E-state index contributed by atoms with van der Waals surface area (Å²) < 4.78 is 16.5. The Morgan fingerprint density at radius 3 is 2.73 bits per heavy atom. The zero-order chi connectivity index (χ0) is 17.9. The van der Waals surface area contributed by atoms with Gasteiger partial charge in [0.25, 0.3) is 0 Å². The van der Waals surface area contributed by atoms with Gasteiger partial charge in [0, 0.05) is 18.2 Å². The molecule has 1 aliphatic heterocycles. The van der Waals surface area contributed by atoms with Crippen molar-refractivity contribution in [3.8, 4) is 17.2 Å². The minimum Gasteiger partial charge on any atom is -0.497 e. The number of methoxy groups -OCH3 is 1. The quantitative estimate of drug-likeness (QED) is 0.853. The molecule has 136 valence electrons. The molecule has 0 aromatic heterocycles. The highest BCUT2D eigenvalue weighted by Gasteiger charge is 2.34. The second-order valence-corrected chi connectivity index (χ2v) is 6.83. The SMILES string of the molecule is COc1cccc(NC(=O)CC(c2ccc3c(c2)OCCO3)C2CC2)c1. The molecule has 0 bridgehead atoms. The van der Waals surface area contributed by atoms with Crippen molar-refractivity contribution in [3.63, 3.8) is 0 Å². The number of amides is 1. The van der Waals surface area contributed by atoms with Gasteiger partial charge in [-0.1, -0.05) is 12.1 Å². The van der Waals surface area contributed by atoms with Crippen LogP contribution in [-0.2, 0) is 4.79 Å². The Bertz CT molecular complexity index is 800. The Morgan fingerprint density at radius 1 is 1.15 bits per heavy atom. The van der Waals surface area contributed by atoms with Gasteiger partial charge in [-0.25, -0.2) is 0 Å². The summed E-state index contributed by atoms with van der Waals surface area (Å²) in [6, 6.07) is 13.5. The maximum atomic E-state index is 12.6. The summed E-state index contributed by atoms with van der Waals surface area (Å²) in [5.41, 5.74) is 1.91. The number of fused-ring (bicyclic) bond motifs is 1. The molecule has 5 nitrogen and oxygen atoms in total. The molecule has 1 aliphatic carbocycles. The van der Waals surface area contributed by atoms with Crippen LogP contribution in [-0.4, -0.2) is 26.2 Å². The predicted molar refractivity (Wildman–Crippen MR) is 99.1 cm³/mol. The second kappa shape index (κ2) is 7.28. The summed E-state index contributed by atoms with van der Waals surface area (Å²) in [4.78, 5) is 12.6. The molecule has 1 N–H and O–H groups in total. The first-order valence-electron chi connectivity index (χ1n) is 9.06. The third-order valence-corrected chi connectivity index (χ3v) is 4.94. The van der Waals surface area contributed by atoms with Crippen LogP contribution in [0, 0.1) is 5.92 Å². The molecule has 0 saturated heterocycles. The van der Waals surface area contributed by atoms with E-state index in [1.165, 1.54) is 12.8 Å². The number of carbonyl (C=O) groups is 1. The van der Waals surface area contributed by atoms with Crippen molar-refractivity contribution in [1.29, 1.82) is 0 Å². The van der Waals surface area contributed by atoms with Gasteiger partial charge in [-0.05, 0) is 54.5 Å². The molecule has 1 unspecified atom stereocenters. The lowest BCUT2D eigenvalue weighted by Gasteiger charge is -2.22. The number of anilines is 1. The van der Waals surface area contributed by atoms with Crippen LogP contribution in [0.1, 0.15) is 30.7 Å². The molecular weight excluding hydrogens is 330 g/mol. The van der Waals surface area contributed by atoms with Crippen molar-refractivity contribution in [2.45, 2.75) is 25.2 Å². The molecule has 1 saturated carbocycles. The van der Waals surface area contributed by atoms with E-state index >= 15 is 0 Å². The Balaban J connectivity index is 1.47. The summed E-state index contributed by atoms with van der Waals surface area (Å²) in [5, 5.41) is 2.99. The molecule has 0 spiro atoms. The molecular formula is C21H23NO4. The lowest BCUT2D eigenvalue weighted by atomic mass is 9.90. The van der Waals surface area contributed by atoms with Crippen molar-refractivity contribution >= 4 is 11.6 Å². The summed E-state index contributed by atoms with van der Waals surface area (Å²) in [5.74, 6) is 3.09. The predicted octanol–water partition coefficient (Wildman–Crippen LogP) is 3.99. The van der Waals surface area contributed by atoms with Crippen molar-refractivity contribution in [2.24, 2.45) is 5.92 Å². The number of benzene rings is 2. The second-order valence-electron chi connectivity index (χ2n) is 6.83. The normalized spacial score (nSPS) is 16.7. The van der Waals surface area contributed by atoms with E-state index in [1.807, 2.05) is 36.4 Å². The fourth-order valence-corrected chi connectivity index (χ4v) is 3.46. The van der Waals surface area contributed by atoms with E-state index in [0.29, 0.717) is 25.6 Å². The molecule has 26 heavy (non-hydrogen) atoms. The largest absolute Gasteiger partial charge is 0.497 e. The van der Waals surface area contributed by atoms with Crippen LogP contribution < -0.4 is 19.5 Å². The molecule has 2 aromatic carbocycles. The van der Waals surface area contributed by atoms with Crippen molar-refractivity contribution in [3.05, 3.63) is 48.0 Å². The Kier molecular flexibility index (Phi) is 4.69. The van der Waals surface area contributed by atoms with Crippen molar-refractivity contribution in [2.75, 3.05) is 25.6 Å². The molecule has 2 aliphatic rings. The van der Waals surface area contributed by atoms with Gasteiger partial charge >= 0.3 is 0 Å². The standard InChI is InChI=1S/C21H23NO4/c1-24-17-4-2-3-16(12-17)22-21(23)13-18(14-5-6-14)15-7-8-19-20(11-15)26-10-9-25-19/h2-4,7-8,11-12,14,18H,5-6,9-10,13H2,1H3,(H,22,23). The van der Waals surface area contributed by atoms with Gasteiger partial charge in [-0.15, -0.1) is 0 Å². The van der Waals surface area contributed by atoms with E-state index in [9.17, 15) is 4.79 Å². The topological polar surface area (TPSA) is 56.8 Å². The van der Waals surface area contributed by atoms with Crippen LogP contribution in [0.3, 0.4) is 0 Å². The minimum absolute atomic E-state index is 0.0186. The first kappa shape index (κ1) is 16.8. The number of nitrogens with one attached hydrogen (secondary N) is 1. The highest BCUT2D eigenvalue weighted by atomic mass is 16.6. The van der Waals surface area contributed by atoms with Gasteiger partial charge in [0.15, 0.2) is 11.5 Å². The smallest absolute Gasteiger partial charge is 0.224 e. The van der Waals surface area contributed by atoms with Gasteiger partial charge in [-0.3, -0.25) is 4.79 Å². The fraction of sp³-hybridized carbons (Fsp3) is 0.381. The highest BCUT2D eigenvalue weighted by Crippen LogP contribution is 2.46. The third kappa shape index (κ3) is 3.77. The number of ether oxygens (including phenoxy) is 3. The van der Waals surface area contributed by atoms with Crippen LogP contribution in [0.15, 0.2) is 42.5 Å². The Morgan fingerprint density at radius 2 is 1.96 bits per heavy atom. The van der Waals surface area contributed by atoms with E-state index in [0.717, 1.165) is 28.5 Å². The molecule has 1 atom stereocenters. The number of hydrogen-bond donors (Lipinski definition) is 1. The number of carbonyl (C=O) groups excluding carboxylic acids is 1. The number of rotatable bonds is 6. The van der Waals surface area contributed by atoms with Crippen molar-refractivity contribution in [1.82, 2.24) is 0 Å². The first-order chi connectivity index (χ1) is 12.7. The van der Waals surface area contributed by atoms with E-state index in [1.54, 1.807) is 7.11 Å². The summed E-state index contributed by atoms with van der Waals surface area (Å²) in [6.07, 6.45) is 2.80. The summed E-state index contributed by atoms with van der Waals surface area (Å²) >= 11 is 0. The van der Waals surface area contributed by atoms with E-state index in [4.69, 9.17) is 14.2 Å². The van der Waals surface area contributed by atoms with Gasteiger partial charge in [0.05, 0.1) is 7.11 Å². The lowest BCUT2D eigenvalue weighted by molar-refractivity contribution is -0.116. The third-order valence-electron chi connectivity index (χ3n) is 4.94. The zero-order valence-corrected chi connectivity index (χ0v) is 14.9. The van der Waals surface area contributed by atoms with Gasteiger partial charge in [0.2, 0.25) is 5.91 Å². The average molecular weight is 353 g/mol. The Hall–Kier alpha value is -2.69. The molecule has 1 heterocycles. The zero-order valence-electron chi connectivity index (χ0n) is 14.9. The average Bonchev–Trinajstić information content (AvgIpc) is 3.51. The van der Waals surface area contributed by atoms with Crippen LogP contribution in [0.4, 0.5) is 5.69 Å². The van der Waals surface area contributed by atoms with Crippen molar-refractivity contribution < 1.29 is 19.0 Å². The molecule has 5 heteroatoms. The molecule has 4 rings (SSSR count). The van der Waals surface area contributed by atoms with E-state index in [2.05, 4.69) is 11.4 Å². The van der Waals surface area contributed by atoms with E-state index < -0.39 is 0 Å². The maximum Gasteiger partial charge on any atom is 0.224 e. The molecule has 1 fully saturated rings. The van der Waals surface area contributed by atoms with Crippen LogP contribution >= 0.6 is 0 Å². The van der Waals surface area contributed by atoms with Crippen LogP contribution in [0.5, 0.6) is 17.2 Å². The summed E-state index contributed by atoms with van der Waals surface area (Å²) in [7, 11) is 1.62. The molecule has 0 radical (unpaired) electrons. The number of hydrogen-bond acceptors (Lipinski definition) is 4. The highest BCUT2D eigenvalue weighted by molar-refractivity contribution is 5.91. The van der Waals surface area contributed by atoms with Gasteiger partial charge in [0.1, 0.15) is 19.0 Å². The van der Waals surface area contributed by atoms with Gasteiger partial charge in [-0.2, -0.15) is 0 Å². The lowest BCUT2D eigenvalue weighted by Crippen LogP contribution is -2.18. The maximum absolute atomic E-state index is 12.6. The monoisotopic (exact) mass is 353 g/mol. The van der Waals surface area contributed by atoms with Crippen LogP contribution in [0.25, 0.3) is 0 Å². The molecule has 2 aromatic rings. The minimum atomic E-state index is 0.0186. The van der Waals surface area contributed by atoms with Gasteiger partial charge < -0.3 is 19.5 Å². The van der Waals surface area contributed by atoms with E-state index in [-0.39, 0.29) is 11.8 Å². The van der Waals surface area contributed by atoms with Crippen LogP contribution in [0.2, 0.25) is 0 Å². The Labute approximate surface area is 153 Å². The first-order valence-corrected chi connectivity index (χ1v) is 9.06. The summed E-state index contributed by atoms with van der Waals surface area (Å²) in [6.45, 7) is 1.15. The fourth-order valence-electron chi connectivity index (χ4n) is 3.46. The molecule has 1 amide bonds.